The number of carbonyl (C=O) groups excluding carboxylic acids is 4. The van der Waals surface area contributed by atoms with Crippen LogP contribution in [0.4, 0.5) is 8.78 Å². The highest BCUT2D eigenvalue weighted by Gasteiger charge is 2.19. The molecule has 6 aromatic carbocycles. The van der Waals surface area contributed by atoms with E-state index >= 15 is 0 Å². The summed E-state index contributed by atoms with van der Waals surface area (Å²) in [4.78, 5) is 45.6. The van der Waals surface area contributed by atoms with Gasteiger partial charge in [0.05, 0.1) is 29.6 Å². The summed E-state index contributed by atoms with van der Waals surface area (Å²) < 4.78 is 72.9. The maximum Gasteiger partial charge on any atom is 0.346 e. The van der Waals surface area contributed by atoms with Crippen molar-refractivity contribution in [3.8, 4) is 28.7 Å². The third-order valence-corrected chi connectivity index (χ3v) is 9.59. The zero-order valence-corrected chi connectivity index (χ0v) is 32.8. The van der Waals surface area contributed by atoms with Gasteiger partial charge >= 0.3 is 5.97 Å². The second kappa shape index (κ2) is 20.3. The molecule has 0 aliphatic heterocycles. The fourth-order valence-corrected chi connectivity index (χ4v) is 6.15. The molecule has 298 valence electrons. The first-order valence-corrected chi connectivity index (χ1v) is 18.8. The van der Waals surface area contributed by atoms with Crippen molar-refractivity contribution in [2.75, 3.05) is 14.2 Å². The molecule has 0 heterocycles. The lowest BCUT2D eigenvalue weighted by Gasteiger charge is -2.08. The molecule has 0 radical (unpaired) electrons. The van der Waals surface area contributed by atoms with Gasteiger partial charge in [-0.25, -0.2) is 22.0 Å². The molecule has 58 heavy (non-hydrogen) atoms. The van der Waals surface area contributed by atoms with Crippen LogP contribution in [0.5, 0.6) is 28.7 Å². The highest BCUT2D eigenvalue weighted by Crippen LogP contribution is 2.27. The van der Waals surface area contributed by atoms with Crippen molar-refractivity contribution in [2.45, 2.75) is 30.6 Å². The minimum absolute atomic E-state index is 0.0117. The van der Waals surface area contributed by atoms with Crippen molar-refractivity contribution in [3.63, 3.8) is 0 Å². The van der Waals surface area contributed by atoms with Crippen molar-refractivity contribution in [1.82, 2.24) is 0 Å². The monoisotopic (exact) mass is 808 g/mol. The smallest absolute Gasteiger partial charge is 0.346 e. The van der Waals surface area contributed by atoms with Gasteiger partial charge in [-0.3, -0.25) is 9.59 Å². The number of ether oxygens (including phenoxy) is 4. The van der Waals surface area contributed by atoms with E-state index in [1.807, 2.05) is 24.3 Å². The molecule has 0 aliphatic rings. The molecule has 0 saturated carbocycles. The predicted molar refractivity (Wildman–Crippen MR) is 212 cm³/mol. The quantitative estimate of drug-likeness (QED) is 0.0706. The van der Waals surface area contributed by atoms with Crippen molar-refractivity contribution in [2.24, 2.45) is 0 Å². The van der Waals surface area contributed by atoms with Crippen molar-refractivity contribution in [1.29, 1.82) is 0 Å². The molecule has 0 aromatic heterocycles. The van der Waals surface area contributed by atoms with Gasteiger partial charge in [-0.05, 0) is 142 Å². The number of sulfone groups is 1. The summed E-state index contributed by atoms with van der Waals surface area (Å²) in [6, 6.07) is 34.2. The molecule has 13 heteroatoms. The molecule has 0 aliphatic carbocycles. The van der Waals surface area contributed by atoms with E-state index in [1.54, 1.807) is 55.6 Å². The number of methoxy groups -OCH3 is 2. The van der Waals surface area contributed by atoms with Crippen LogP contribution in [-0.2, 0) is 14.6 Å². The molecule has 0 amide bonds. The summed E-state index contributed by atoms with van der Waals surface area (Å²) >= 11 is 0. The number of hydrogen-bond acceptors (Lipinski definition) is 10. The van der Waals surface area contributed by atoms with Crippen LogP contribution in [0.25, 0.3) is 0 Å². The van der Waals surface area contributed by atoms with Gasteiger partial charge in [-0.1, -0.05) is 18.2 Å². The Morgan fingerprint density at radius 2 is 0.966 bits per heavy atom. The molecule has 10 nitrogen and oxygen atoms in total. The van der Waals surface area contributed by atoms with Gasteiger partial charge in [0.15, 0.2) is 11.6 Å². The summed E-state index contributed by atoms with van der Waals surface area (Å²) in [5.41, 5.74) is 0.986. The molecular formula is C45H38F2O10S. The van der Waals surface area contributed by atoms with Gasteiger partial charge in [0.1, 0.15) is 46.2 Å². The lowest BCUT2D eigenvalue weighted by molar-refractivity contribution is -0.115. The highest BCUT2D eigenvalue weighted by atomic mass is 32.2. The average molecular weight is 809 g/mol. The minimum Gasteiger partial charge on any atom is -0.497 e. The number of hydrogen-bond donors (Lipinski definition) is 0. The topological polar surface area (TPSA) is 139 Å². The maximum atomic E-state index is 13.6. The minimum atomic E-state index is -3.78. The second-order valence-electron chi connectivity index (χ2n) is 12.3. The van der Waals surface area contributed by atoms with Gasteiger partial charge in [-0.15, -0.1) is 0 Å². The van der Waals surface area contributed by atoms with Crippen molar-refractivity contribution >= 4 is 33.2 Å². The Kier molecular flexibility index (Phi) is 15.3. The van der Waals surface area contributed by atoms with Crippen LogP contribution in [0.1, 0.15) is 57.4 Å². The van der Waals surface area contributed by atoms with Gasteiger partial charge in [0, 0.05) is 16.7 Å². The normalized spacial score (nSPS) is 10.4. The first-order valence-electron chi connectivity index (χ1n) is 17.3. The Morgan fingerprint density at radius 3 is 1.47 bits per heavy atom. The highest BCUT2D eigenvalue weighted by molar-refractivity contribution is 7.91. The molecule has 6 rings (SSSR count). The molecular weight excluding hydrogens is 771 g/mol. The number of halogens is 2. The fourth-order valence-electron chi connectivity index (χ4n) is 4.89. The van der Waals surface area contributed by atoms with E-state index in [9.17, 15) is 36.4 Å². The van der Waals surface area contributed by atoms with Gasteiger partial charge in [-0.2, -0.15) is 0 Å². The van der Waals surface area contributed by atoms with Crippen molar-refractivity contribution in [3.05, 3.63) is 173 Å². The first-order chi connectivity index (χ1) is 27.6. The van der Waals surface area contributed by atoms with Crippen LogP contribution < -0.4 is 18.9 Å². The Balaban J connectivity index is 0.000000236. The molecule has 0 saturated heterocycles. The molecule has 0 bridgehead atoms. The Labute approximate surface area is 334 Å². The Morgan fingerprint density at radius 1 is 0.517 bits per heavy atom. The van der Waals surface area contributed by atoms with E-state index in [-0.39, 0.29) is 32.9 Å². The molecule has 0 N–H and O–H groups in total. The van der Waals surface area contributed by atoms with Crippen molar-refractivity contribution < 1.29 is 55.3 Å². The largest absolute Gasteiger partial charge is 0.497 e. The van der Waals surface area contributed by atoms with Crippen LogP contribution >= 0.6 is 0 Å². The van der Waals surface area contributed by atoms with E-state index in [0.717, 1.165) is 23.9 Å². The molecule has 0 spiro atoms. The summed E-state index contributed by atoms with van der Waals surface area (Å²) in [6.45, 7) is 4.54. The van der Waals surface area contributed by atoms with E-state index in [0.29, 0.717) is 33.9 Å². The van der Waals surface area contributed by atoms with E-state index < -0.39 is 33.0 Å². The van der Waals surface area contributed by atoms with E-state index in [2.05, 4.69) is 0 Å². The lowest BCUT2D eigenvalue weighted by Crippen LogP contribution is -2.11. The standard InChI is InChI=1S/C22H18O4.C20H14F2O5S.C3H6O/c1-15(23)17-4-3-5-18(14-17)22(24)16-6-8-20(9-7-16)26-21-12-10-19(25-2)11-13-21;1-26-14-3-7-16(8-4-14)28(24,25)17-9-5-15(6-10-17)27-20(23)18-12-13(21)2-11-19(18)22;1-3(2)4/h3-14H,1-2H3;2-12H,1H3;1-2H3. The fraction of sp³-hybridized carbons (Fsp3) is 0.111. The van der Waals surface area contributed by atoms with Gasteiger partial charge in [0.2, 0.25) is 9.84 Å². The van der Waals surface area contributed by atoms with Crippen LogP contribution in [0.3, 0.4) is 0 Å². The Bertz CT molecular complexity index is 2480. The van der Waals surface area contributed by atoms with Gasteiger partial charge < -0.3 is 23.7 Å². The molecule has 0 atom stereocenters. The van der Waals surface area contributed by atoms with E-state index in [1.165, 1.54) is 76.4 Å². The number of ketones is 3. The molecule has 6 aromatic rings. The lowest BCUT2D eigenvalue weighted by atomic mass is 10.0. The number of carbonyl (C=O) groups is 4. The number of esters is 1. The van der Waals surface area contributed by atoms with E-state index in [4.69, 9.17) is 18.9 Å². The zero-order valence-electron chi connectivity index (χ0n) is 32.0. The average Bonchev–Trinajstić information content (AvgIpc) is 3.22. The number of rotatable bonds is 11. The zero-order chi connectivity index (χ0) is 42.4. The first kappa shape index (κ1) is 43.7. The summed E-state index contributed by atoms with van der Waals surface area (Å²) in [6.07, 6.45) is 0. The van der Waals surface area contributed by atoms with Gasteiger partial charge in [0.25, 0.3) is 0 Å². The Hall–Kier alpha value is -6.99. The number of Topliss-reactive ketones (excluding diaryl/α,β-unsaturated/α-hetero) is 2. The number of benzene rings is 6. The third-order valence-electron chi connectivity index (χ3n) is 7.81. The summed E-state index contributed by atoms with van der Waals surface area (Å²) in [5.74, 6) is -0.267. The summed E-state index contributed by atoms with van der Waals surface area (Å²) in [7, 11) is -0.699. The molecule has 0 unspecified atom stereocenters. The van der Waals surface area contributed by atoms with Crippen LogP contribution in [0, 0.1) is 11.6 Å². The molecule has 0 fully saturated rings. The van der Waals surface area contributed by atoms with Crippen LogP contribution in [0.15, 0.2) is 149 Å². The third kappa shape index (κ3) is 12.3. The SMILES string of the molecule is CC(C)=O.COc1ccc(Oc2ccc(C(=O)c3cccc(C(C)=O)c3)cc2)cc1.COc1ccc(S(=O)(=O)c2ccc(OC(=O)c3cc(F)ccc3F)cc2)cc1. The maximum absolute atomic E-state index is 13.6. The summed E-state index contributed by atoms with van der Waals surface area (Å²) in [5, 5.41) is 0. The predicted octanol–water partition coefficient (Wildman–Crippen LogP) is 9.54. The van der Waals surface area contributed by atoms with Crippen LogP contribution in [-0.4, -0.2) is 46.0 Å². The second-order valence-corrected chi connectivity index (χ2v) is 14.3. The van der Waals surface area contributed by atoms with Crippen LogP contribution in [0.2, 0.25) is 0 Å².